The summed E-state index contributed by atoms with van der Waals surface area (Å²) in [7, 11) is 1.90. The molecule has 1 amide bonds. The Morgan fingerprint density at radius 2 is 1.82 bits per heavy atom. The van der Waals surface area contributed by atoms with Crippen molar-refractivity contribution < 1.29 is 9.53 Å². The molecule has 0 fully saturated rings. The molecule has 0 aliphatic carbocycles. The lowest BCUT2D eigenvalue weighted by molar-refractivity contribution is 0.101. The minimum absolute atomic E-state index is 0.250. The number of ether oxygens (including phenoxy) is 1. The summed E-state index contributed by atoms with van der Waals surface area (Å²) in [6.45, 7) is 6.01. The van der Waals surface area contributed by atoms with E-state index < -0.39 is 5.60 Å². The average molecular weight is 496 g/mol. The number of amides is 1. The summed E-state index contributed by atoms with van der Waals surface area (Å²) >= 11 is 12.6. The normalized spacial score (nSPS) is 14.1. The fourth-order valence-electron chi connectivity index (χ4n) is 4.23. The van der Waals surface area contributed by atoms with Gasteiger partial charge in [0, 0.05) is 37.1 Å². The first kappa shape index (κ1) is 22.5. The van der Waals surface area contributed by atoms with Gasteiger partial charge in [-0.1, -0.05) is 40.9 Å². The Kier molecular flexibility index (Phi) is 5.41. The molecule has 0 saturated heterocycles. The van der Waals surface area contributed by atoms with Crippen LogP contribution in [0, 0.1) is 6.92 Å². The number of fused-ring (bicyclic) bond motifs is 3. The Morgan fingerprint density at radius 3 is 2.50 bits per heavy atom. The van der Waals surface area contributed by atoms with Crippen LogP contribution in [-0.2, 0) is 13.5 Å². The van der Waals surface area contributed by atoms with Gasteiger partial charge < -0.3 is 19.9 Å². The Balaban J connectivity index is 1.61. The number of aryl methyl sites for hydroxylation is 2. The number of halogens is 2. The van der Waals surface area contributed by atoms with E-state index in [1.165, 1.54) is 12.4 Å². The molecule has 1 aliphatic rings. The molecule has 34 heavy (non-hydrogen) atoms. The molecule has 0 saturated carbocycles. The second kappa shape index (κ2) is 8.18. The highest BCUT2D eigenvalue weighted by atomic mass is 35.5. The number of anilines is 3. The maximum Gasteiger partial charge on any atom is 0.259 e. The number of carbonyl (C=O) groups excluding carboxylic acids is 1. The Morgan fingerprint density at radius 1 is 1.15 bits per heavy atom. The molecule has 0 bridgehead atoms. The van der Waals surface area contributed by atoms with Crippen molar-refractivity contribution in [2.75, 3.05) is 10.6 Å². The zero-order valence-corrected chi connectivity index (χ0v) is 20.7. The van der Waals surface area contributed by atoms with Gasteiger partial charge in [-0.3, -0.25) is 9.78 Å². The highest BCUT2D eigenvalue weighted by molar-refractivity contribution is 6.39. The van der Waals surface area contributed by atoms with Crippen LogP contribution in [0.1, 0.15) is 35.3 Å². The van der Waals surface area contributed by atoms with Crippen LogP contribution in [0.15, 0.2) is 42.7 Å². The van der Waals surface area contributed by atoms with Crippen molar-refractivity contribution in [3.8, 4) is 5.75 Å². The highest BCUT2D eigenvalue weighted by Gasteiger charge is 2.36. The molecule has 0 spiro atoms. The maximum atomic E-state index is 13.3. The summed E-state index contributed by atoms with van der Waals surface area (Å²) in [4.78, 5) is 22.1. The van der Waals surface area contributed by atoms with Crippen molar-refractivity contribution in [1.82, 2.24) is 14.5 Å². The lowest BCUT2D eigenvalue weighted by atomic mass is 9.98. The third-order valence-corrected chi connectivity index (χ3v) is 6.41. The SMILES string of the molecule is Cc1ccc(NC(=O)c2cc3nc(Nc4c(Cl)cncc4Cl)n(C)c3c3c2OC(C)(C)C3)cc1. The van der Waals surface area contributed by atoms with Crippen molar-refractivity contribution >= 4 is 57.5 Å². The van der Waals surface area contributed by atoms with Crippen molar-refractivity contribution in [2.45, 2.75) is 32.8 Å². The van der Waals surface area contributed by atoms with Crippen LogP contribution >= 0.6 is 23.2 Å². The lowest BCUT2D eigenvalue weighted by Gasteiger charge is -2.18. The molecule has 7 nitrogen and oxygen atoms in total. The summed E-state index contributed by atoms with van der Waals surface area (Å²) in [5.74, 6) is 0.865. The number of pyridine rings is 1. The number of aromatic nitrogens is 3. The van der Waals surface area contributed by atoms with Gasteiger partial charge in [0.15, 0.2) is 0 Å². The first-order chi connectivity index (χ1) is 16.1. The van der Waals surface area contributed by atoms with E-state index in [9.17, 15) is 4.79 Å². The number of imidazole rings is 1. The third-order valence-electron chi connectivity index (χ3n) is 5.83. The van der Waals surface area contributed by atoms with Crippen molar-refractivity contribution in [3.63, 3.8) is 0 Å². The van der Waals surface area contributed by atoms with E-state index in [4.69, 9.17) is 32.9 Å². The number of hydrogen-bond acceptors (Lipinski definition) is 5. The van der Waals surface area contributed by atoms with E-state index in [1.54, 1.807) is 6.07 Å². The molecule has 1 aliphatic heterocycles. The molecule has 2 aromatic carbocycles. The molecule has 5 rings (SSSR count). The number of hydrogen-bond donors (Lipinski definition) is 2. The fourth-order valence-corrected chi connectivity index (χ4v) is 4.69. The maximum absolute atomic E-state index is 13.3. The molecular weight excluding hydrogens is 473 g/mol. The van der Waals surface area contributed by atoms with Crippen LogP contribution < -0.4 is 15.4 Å². The number of rotatable bonds is 4. The van der Waals surface area contributed by atoms with Gasteiger partial charge in [-0.25, -0.2) is 4.98 Å². The van der Waals surface area contributed by atoms with Gasteiger partial charge in [-0.15, -0.1) is 0 Å². The predicted octanol–water partition coefficient (Wildman–Crippen LogP) is 6.29. The number of benzene rings is 2. The van der Waals surface area contributed by atoms with Crippen LogP contribution in [0.2, 0.25) is 10.0 Å². The van der Waals surface area contributed by atoms with Crippen molar-refractivity contribution in [3.05, 3.63) is 69.5 Å². The minimum Gasteiger partial charge on any atom is -0.486 e. The zero-order valence-electron chi connectivity index (χ0n) is 19.2. The fraction of sp³-hybridized carbons (Fsp3) is 0.240. The van der Waals surface area contributed by atoms with E-state index >= 15 is 0 Å². The minimum atomic E-state index is -0.453. The zero-order chi connectivity index (χ0) is 24.2. The van der Waals surface area contributed by atoms with Gasteiger partial charge in [0.25, 0.3) is 5.91 Å². The first-order valence-electron chi connectivity index (χ1n) is 10.8. The summed E-state index contributed by atoms with van der Waals surface area (Å²) in [5.41, 5.74) is 4.83. The molecule has 9 heteroatoms. The number of carbonyl (C=O) groups is 1. The Bertz CT molecular complexity index is 1420. The summed E-state index contributed by atoms with van der Waals surface area (Å²) < 4.78 is 8.18. The summed E-state index contributed by atoms with van der Waals surface area (Å²) in [6.07, 6.45) is 3.67. The Labute approximate surface area is 207 Å². The molecule has 2 aromatic heterocycles. The number of nitrogens with zero attached hydrogens (tertiary/aromatic N) is 3. The van der Waals surface area contributed by atoms with Crippen molar-refractivity contribution in [1.29, 1.82) is 0 Å². The molecule has 0 atom stereocenters. The van der Waals surface area contributed by atoms with E-state index in [0.717, 1.165) is 16.6 Å². The second-order valence-electron chi connectivity index (χ2n) is 9.06. The van der Waals surface area contributed by atoms with Crippen LogP contribution in [0.5, 0.6) is 5.75 Å². The molecule has 2 N–H and O–H groups in total. The highest BCUT2D eigenvalue weighted by Crippen LogP contribution is 2.43. The van der Waals surface area contributed by atoms with Gasteiger partial charge in [-0.2, -0.15) is 0 Å². The number of nitrogens with one attached hydrogen (secondary N) is 2. The third kappa shape index (κ3) is 3.95. The van der Waals surface area contributed by atoms with Gasteiger partial charge in [0.05, 0.1) is 32.3 Å². The Hall–Kier alpha value is -3.29. The van der Waals surface area contributed by atoms with Crippen LogP contribution in [-0.4, -0.2) is 26.0 Å². The molecule has 4 aromatic rings. The smallest absolute Gasteiger partial charge is 0.259 e. The average Bonchev–Trinajstić information content (AvgIpc) is 3.26. The largest absolute Gasteiger partial charge is 0.486 e. The van der Waals surface area contributed by atoms with Crippen molar-refractivity contribution in [2.24, 2.45) is 7.05 Å². The molecule has 3 heterocycles. The lowest BCUT2D eigenvalue weighted by Crippen LogP contribution is -2.25. The topological polar surface area (TPSA) is 81.1 Å². The molecular formula is C25H23Cl2N5O2. The van der Waals surface area contributed by atoms with Crippen LogP contribution in [0.3, 0.4) is 0 Å². The molecule has 174 valence electrons. The standard InChI is InChI=1S/C25H23Cl2N5O2/c1-13-5-7-14(8-6-13)29-23(33)15-9-19-21(16-10-25(2,3)34-22(15)16)32(4)24(30-19)31-20-17(26)11-28-12-18(20)27/h5-9,11-12H,10H2,1-4H3,(H,29,33)(H,28,30,31). The molecule has 0 radical (unpaired) electrons. The van der Waals surface area contributed by atoms with Gasteiger partial charge in [0.2, 0.25) is 5.95 Å². The summed E-state index contributed by atoms with van der Waals surface area (Å²) in [6, 6.07) is 9.42. The summed E-state index contributed by atoms with van der Waals surface area (Å²) in [5, 5.41) is 6.95. The monoisotopic (exact) mass is 495 g/mol. The van der Waals surface area contributed by atoms with E-state index in [0.29, 0.717) is 50.6 Å². The van der Waals surface area contributed by atoms with Gasteiger partial charge >= 0.3 is 0 Å². The van der Waals surface area contributed by atoms with E-state index in [2.05, 4.69) is 15.6 Å². The second-order valence-corrected chi connectivity index (χ2v) is 9.87. The molecule has 0 unspecified atom stereocenters. The predicted molar refractivity (Wildman–Crippen MR) is 136 cm³/mol. The first-order valence-corrected chi connectivity index (χ1v) is 11.5. The van der Waals surface area contributed by atoms with Crippen LogP contribution in [0.4, 0.5) is 17.3 Å². The van der Waals surface area contributed by atoms with Gasteiger partial charge in [-0.05, 0) is 39.0 Å². The van der Waals surface area contributed by atoms with E-state index in [-0.39, 0.29) is 5.91 Å². The van der Waals surface area contributed by atoms with Gasteiger partial charge in [0.1, 0.15) is 11.4 Å². The quantitative estimate of drug-likeness (QED) is 0.347. The van der Waals surface area contributed by atoms with E-state index in [1.807, 2.05) is 56.7 Å². The van der Waals surface area contributed by atoms with Crippen LogP contribution in [0.25, 0.3) is 11.0 Å².